The molecule has 1 heterocycles. The summed E-state index contributed by atoms with van der Waals surface area (Å²) in [4.78, 5) is 2.38. The van der Waals surface area contributed by atoms with Crippen molar-refractivity contribution in [2.24, 2.45) is 0 Å². The van der Waals surface area contributed by atoms with Crippen LogP contribution in [0.2, 0.25) is 0 Å². The summed E-state index contributed by atoms with van der Waals surface area (Å²) < 4.78 is 0. The molecule has 0 bridgehead atoms. The van der Waals surface area contributed by atoms with Gasteiger partial charge in [0.1, 0.15) is 0 Å². The molecule has 2 aliphatic rings. The Balaban J connectivity index is 1.76. The lowest BCUT2D eigenvalue weighted by molar-refractivity contribution is 0.266. The number of anilines is 1. The second kappa shape index (κ2) is 5.29. The predicted octanol–water partition coefficient (Wildman–Crippen LogP) is 1.90. The Kier molecular flexibility index (Phi) is 3.52. The lowest BCUT2D eigenvalue weighted by atomic mass is 10.1. The maximum Gasteiger partial charge on any atom is 0.0635 e. The van der Waals surface area contributed by atoms with Gasteiger partial charge in [0.25, 0.3) is 0 Å². The fourth-order valence-electron chi connectivity index (χ4n) is 2.82. The van der Waals surface area contributed by atoms with E-state index in [1.54, 1.807) is 0 Å². The zero-order chi connectivity index (χ0) is 12.4. The van der Waals surface area contributed by atoms with Crippen LogP contribution in [0.3, 0.4) is 0 Å². The normalized spacial score (nSPS) is 23.6. The van der Waals surface area contributed by atoms with Gasteiger partial charge in [-0.05, 0) is 37.3 Å². The highest BCUT2D eigenvalue weighted by Crippen LogP contribution is 2.29. The van der Waals surface area contributed by atoms with Crippen LogP contribution < -0.4 is 10.2 Å². The molecule has 98 valence electrons. The Bertz CT molecular complexity index is 403. The van der Waals surface area contributed by atoms with Crippen LogP contribution in [0, 0.1) is 0 Å². The molecule has 1 aliphatic heterocycles. The molecule has 1 aromatic rings. The summed E-state index contributed by atoms with van der Waals surface area (Å²) in [6.45, 7) is 2.30. The Morgan fingerprint density at radius 1 is 1.22 bits per heavy atom. The second-order valence-electron chi connectivity index (χ2n) is 5.46. The number of hydrogen-bond donors (Lipinski definition) is 2. The van der Waals surface area contributed by atoms with Crippen molar-refractivity contribution >= 4 is 5.69 Å². The molecule has 1 atom stereocenters. The van der Waals surface area contributed by atoms with E-state index in [0.717, 1.165) is 25.6 Å². The van der Waals surface area contributed by atoms with E-state index in [1.807, 2.05) is 0 Å². The Morgan fingerprint density at radius 3 is 2.83 bits per heavy atom. The number of hydrogen-bond acceptors (Lipinski definition) is 3. The van der Waals surface area contributed by atoms with Gasteiger partial charge in [-0.2, -0.15) is 0 Å². The molecule has 0 aromatic heterocycles. The number of benzene rings is 1. The Hall–Kier alpha value is -1.06. The van der Waals surface area contributed by atoms with E-state index in [1.165, 1.54) is 30.5 Å². The average molecular weight is 246 g/mol. The molecule has 3 heteroatoms. The molecule has 2 fully saturated rings. The van der Waals surface area contributed by atoms with Crippen LogP contribution in [0.1, 0.15) is 31.2 Å². The van der Waals surface area contributed by atoms with Crippen LogP contribution in [-0.2, 0) is 6.54 Å². The monoisotopic (exact) mass is 246 g/mol. The molecule has 1 unspecified atom stereocenters. The molecule has 1 aliphatic carbocycles. The Labute approximate surface area is 109 Å². The molecule has 3 nitrogen and oxygen atoms in total. The van der Waals surface area contributed by atoms with Crippen molar-refractivity contribution in [1.82, 2.24) is 5.32 Å². The molecule has 2 N–H and O–H groups in total. The van der Waals surface area contributed by atoms with E-state index in [4.69, 9.17) is 0 Å². The van der Waals surface area contributed by atoms with E-state index >= 15 is 0 Å². The van der Waals surface area contributed by atoms with E-state index in [2.05, 4.69) is 34.5 Å². The van der Waals surface area contributed by atoms with Gasteiger partial charge in [0, 0.05) is 24.8 Å². The number of rotatable bonds is 5. The largest absolute Gasteiger partial charge is 0.394 e. The molecule has 3 rings (SSSR count). The van der Waals surface area contributed by atoms with Crippen molar-refractivity contribution in [2.45, 2.75) is 44.3 Å². The van der Waals surface area contributed by atoms with Crippen molar-refractivity contribution in [2.75, 3.05) is 18.1 Å². The number of nitrogens with one attached hydrogen (secondary N) is 1. The molecule has 1 saturated heterocycles. The van der Waals surface area contributed by atoms with Gasteiger partial charge in [-0.3, -0.25) is 0 Å². The van der Waals surface area contributed by atoms with Crippen LogP contribution in [-0.4, -0.2) is 30.3 Å². The minimum Gasteiger partial charge on any atom is -0.394 e. The SMILES string of the molecule is OCC1CCCN1c1ccccc1CNC1CC1. The molecule has 0 radical (unpaired) electrons. The fourth-order valence-corrected chi connectivity index (χ4v) is 2.82. The van der Waals surface area contributed by atoms with Crippen LogP contribution in [0.25, 0.3) is 0 Å². The second-order valence-corrected chi connectivity index (χ2v) is 5.46. The molecule has 18 heavy (non-hydrogen) atoms. The Morgan fingerprint density at radius 2 is 2.06 bits per heavy atom. The van der Waals surface area contributed by atoms with Crippen molar-refractivity contribution in [3.05, 3.63) is 29.8 Å². The summed E-state index contributed by atoms with van der Waals surface area (Å²) in [7, 11) is 0. The molecule has 0 amide bonds. The molecular weight excluding hydrogens is 224 g/mol. The first-order valence-corrected chi connectivity index (χ1v) is 7.07. The van der Waals surface area contributed by atoms with Crippen LogP contribution in [0.5, 0.6) is 0 Å². The number of aliphatic hydroxyl groups excluding tert-OH is 1. The maximum absolute atomic E-state index is 9.46. The maximum atomic E-state index is 9.46. The van der Waals surface area contributed by atoms with Crippen molar-refractivity contribution in [3.8, 4) is 0 Å². The summed E-state index contributed by atoms with van der Waals surface area (Å²) in [5.41, 5.74) is 2.67. The molecule has 0 spiro atoms. The number of para-hydroxylation sites is 1. The molecule has 1 aromatic carbocycles. The third-order valence-corrected chi connectivity index (χ3v) is 4.05. The van der Waals surface area contributed by atoms with Gasteiger partial charge in [0.05, 0.1) is 12.6 Å². The van der Waals surface area contributed by atoms with Gasteiger partial charge < -0.3 is 15.3 Å². The minimum absolute atomic E-state index is 0.268. The standard InChI is InChI=1S/C15H22N2O/c18-11-14-5-3-9-17(14)15-6-2-1-4-12(15)10-16-13-7-8-13/h1-2,4,6,13-14,16,18H,3,5,7-11H2. The third-order valence-electron chi connectivity index (χ3n) is 4.05. The third kappa shape index (κ3) is 2.52. The smallest absolute Gasteiger partial charge is 0.0635 e. The van der Waals surface area contributed by atoms with Crippen molar-refractivity contribution < 1.29 is 5.11 Å². The highest BCUT2D eigenvalue weighted by atomic mass is 16.3. The van der Waals surface area contributed by atoms with E-state index < -0.39 is 0 Å². The van der Waals surface area contributed by atoms with Gasteiger partial charge in [-0.15, -0.1) is 0 Å². The summed E-state index contributed by atoms with van der Waals surface area (Å²) in [5.74, 6) is 0. The highest BCUT2D eigenvalue weighted by Gasteiger charge is 2.26. The zero-order valence-electron chi connectivity index (χ0n) is 10.8. The first-order valence-electron chi connectivity index (χ1n) is 7.07. The zero-order valence-corrected chi connectivity index (χ0v) is 10.8. The van der Waals surface area contributed by atoms with Gasteiger partial charge in [0.2, 0.25) is 0 Å². The predicted molar refractivity (Wildman–Crippen MR) is 73.8 cm³/mol. The van der Waals surface area contributed by atoms with Crippen LogP contribution in [0.15, 0.2) is 24.3 Å². The summed E-state index contributed by atoms with van der Waals surface area (Å²) in [5, 5.41) is 13.0. The first kappa shape index (κ1) is 12.0. The highest BCUT2D eigenvalue weighted by molar-refractivity contribution is 5.55. The van der Waals surface area contributed by atoms with Gasteiger partial charge in [-0.25, -0.2) is 0 Å². The first-order chi connectivity index (χ1) is 8.88. The lowest BCUT2D eigenvalue weighted by Gasteiger charge is -2.27. The van der Waals surface area contributed by atoms with Crippen LogP contribution >= 0.6 is 0 Å². The van der Waals surface area contributed by atoms with E-state index in [0.29, 0.717) is 6.04 Å². The minimum atomic E-state index is 0.268. The van der Waals surface area contributed by atoms with Crippen LogP contribution in [0.4, 0.5) is 5.69 Å². The fraction of sp³-hybridized carbons (Fsp3) is 0.600. The number of aliphatic hydroxyl groups is 1. The quantitative estimate of drug-likeness (QED) is 0.833. The van der Waals surface area contributed by atoms with Crippen molar-refractivity contribution in [1.29, 1.82) is 0 Å². The van der Waals surface area contributed by atoms with Crippen molar-refractivity contribution in [3.63, 3.8) is 0 Å². The van der Waals surface area contributed by atoms with E-state index in [-0.39, 0.29) is 6.61 Å². The number of nitrogens with zero attached hydrogens (tertiary/aromatic N) is 1. The van der Waals surface area contributed by atoms with Gasteiger partial charge in [0.15, 0.2) is 0 Å². The van der Waals surface area contributed by atoms with E-state index in [9.17, 15) is 5.11 Å². The topological polar surface area (TPSA) is 35.5 Å². The van der Waals surface area contributed by atoms with Gasteiger partial charge in [-0.1, -0.05) is 18.2 Å². The summed E-state index contributed by atoms with van der Waals surface area (Å²) in [6, 6.07) is 9.66. The molecular formula is C15H22N2O. The summed E-state index contributed by atoms with van der Waals surface area (Å²) in [6.07, 6.45) is 4.95. The summed E-state index contributed by atoms with van der Waals surface area (Å²) >= 11 is 0. The lowest BCUT2D eigenvalue weighted by Crippen LogP contribution is -2.33. The molecule has 1 saturated carbocycles. The van der Waals surface area contributed by atoms with Gasteiger partial charge >= 0.3 is 0 Å². The average Bonchev–Trinajstić information content (AvgIpc) is 3.12.